The lowest BCUT2D eigenvalue weighted by molar-refractivity contribution is -0.117. The Morgan fingerprint density at radius 2 is 1.60 bits per heavy atom. The van der Waals surface area contributed by atoms with E-state index in [4.69, 9.17) is 0 Å². The molecule has 10 heavy (non-hydrogen) atoms. The van der Waals surface area contributed by atoms with Gasteiger partial charge in [0.2, 0.25) is 0 Å². The van der Waals surface area contributed by atoms with Crippen LogP contribution in [0, 0.1) is 11.8 Å². The van der Waals surface area contributed by atoms with Crippen LogP contribution < -0.4 is 0 Å². The summed E-state index contributed by atoms with van der Waals surface area (Å²) in [5.74, 6) is 1.47. The van der Waals surface area contributed by atoms with Crippen LogP contribution in [0.15, 0.2) is 24.3 Å². The van der Waals surface area contributed by atoms with E-state index in [1.54, 1.807) is 0 Å². The monoisotopic (exact) mass is 134 g/mol. The summed E-state index contributed by atoms with van der Waals surface area (Å²) in [6, 6.07) is 0. The Balaban J connectivity index is 2.22. The Morgan fingerprint density at radius 1 is 1.10 bits per heavy atom. The van der Waals surface area contributed by atoms with Crippen LogP contribution in [0.5, 0.6) is 0 Å². The molecule has 0 amide bonds. The molecule has 0 aromatic heterocycles. The molecule has 1 saturated carbocycles. The summed E-state index contributed by atoms with van der Waals surface area (Å²) >= 11 is 0. The van der Waals surface area contributed by atoms with Crippen LogP contribution in [0.4, 0.5) is 0 Å². The smallest absolute Gasteiger partial charge is 0.134 e. The molecule has 2 atom stereocenters. The summed E-state index contributed by atoms with van der Waals surface area (Å²) < 4.78 is 0. The zero-order valence-electron chi connectivity index (χ0n) is 5.79. The first-order valence-corrected chi connectivity index (χ1v) is 3.73. The van der Waals surface area contributed by atoms with Gasteiger partial charge in [0, 0.05) is 12.8 Å². The van der Waals surface area contributed by atoms with Gasteiger partial charge in [-0.25, -0.2) is 0 Å². The maximum Gasteiger partial charge on any atom is 0.134 e. The summed E-state index contributed by atoms with van der Waals surface area (Å²) in [6.07, 6.45) is 9.92. The van der Waals surface area contributed by atoms with Crippen LogP contribution in [-0.2, 0) is 4.79 Å². The summed E-state index contributed by atoms with van der Waals surface area (Å²) in [6.45, 7) is 0. The standard InChI is InChI=1S/C9H10O/c10-9-5-7-3-1-2-4-8(7)6-9/h1-4,7-8H,5-6H2. The highest BCUT2D eigenvalue weighted by atomic mass is 16.1. The molecule has 0 bridgehead atoms. The number of hydrogen-bond acceptors (Lipinski definition) is 1. The van der Waals surface area contributed by atoms with Gasteiger partial charge in [0.05, 0.1) is 0 Å². The zero-order valence-corrected chi connectivity index (χ0v) is 5.79. The maximum absolute atomic E-state index is 10.9. The van der Waals surface area contributed by atoms with Crippen molar-refractivity contribution in [1.29, 1.82) is 0 Å². The third kappa shape index (κ3) is 0.821. The molecule has 0 heterocycles. The van der Waals surface area contributed by atoms with Crippen LogP contribution >= 0.6 is 0 Å². The third-order valence-corrected chi connectivity index (χ3v) is 2.30. The highest BCUT2D eigenvalue weighted by molar-refractivity contribution is 5.82. The van der Waals surface area contributed by atoms with Crippen molar-refractivity contribution in [1.82, 2.24) is 0 Å². The van der Waals surface area contributed by atoms with Gasteiger partial charge in [-0.1, -0.05) is 24.3 Å². The molecule has 52 valence electrons. The number of carbonyl (C=O) groups excluding carboxylic acids is 1. The van der Waals surface area contributed by atoms with Gasteiger partial charge in [-0.3, -0.25) is 4.79 Å². The van der Waals surface area contributed by atoms with Crippen molar-refractivity contribution in [3.05, 3.63) is 24.3 Å². The zero-order chi connectivity index (χ0) is 6.97. The molecular formula is C9H10O. The van der Waals surface area contributed by atoms with E-state index in [1.807, 2.05) is 12.2 Å². The van der Waals surface area contributed by atoms with Gasteiger partial charge < -0.3 is 0 Å². The minimum Gasteiger partial charge on any atom is -0.300 e. The fraction of sp³-hybridized carbons (Fsp3) is 0.444. The predicted molar refractivity (Wildman–Crippen MR) is 39.5 cm³/mol. The molecule has 0 N–H and O–H groups in total. The van der Waals surface area contributed by atoms with Crippen molar-refractivity contribution >= 4 is 5.78 Å². The number of rotatable bonds is 0. The third-order valence-electron chi connectivity index (χ3n) is 2.30. The van der Waals surface area contributed by atoms with E-state index in [9.17, 15) is 4.79 Å². The molecule has 2 aliphatic rings. The van der Waals surface area contributed by atoms with E-state index in [2.05, 4.69) is 12.2 Å². The molecule has 2 aliphatic carbocycles. The molecule has 0 radical (unpaired) electrons. The molecule has 1 fully saturated rings. The minimum absolute atomic E-state index is 0.422. The first kappa shape index (κ1) is 5.90. The Kier molecular flexibility index (Phi) is 1.23. The topological polar surface area (TPSA) is 17.1 Å². The van der Waals surface area contributed by atoms with E-state index in [0.717, 1.165) is 12.8 Å². The highest BCUT2D eigenvalue weighted by Crippen LogP contribution is 2.33. The summed E-state index contributed by atoms with van der Waals surface area (Å²) in [7, 11) is 0. The van der Waals surface area contributed by atoms with E-state index in [1.165, 1.54) is 0 Å². The van der Waals surface area contributed by atoms with Crippen LogP contribution in [0.3, 0.4) is 0 Å². The van der Waals surface area contributed by atoms with Crippen molar-refractivity contribution < 1.29 is 4.79 Å². The molecule has 2 rings (SSSR count). The molecule has 0 saturated heterocycles. The van der Waals surface area contributed by atoms with Crippen molar-refractivity contribution in [3.63, 3.8) is 0 Å². The highest BCUT2D eigenvalue weighted by Gasteiger charge is 2.29. The average Bonchev–Trinajstić information content (AvgIpc) is 2.27. The van der Waals surface area contributed by atoms with Gasteiger partial charge in [0.15, 0.2) is 0 Å². The number of hydrogen-bond donors (Lipinski definition) is 0. The molecule has 1 heteroatoms. The van der Waals surface area contributed by atoms with Gasteiger partial charge in [0.1, 0.15) is 5.78 Å². The van der Waals surface area contributed by atoms with Crippen LogP contribution in [-0.4, -0.2) is 5.78 Å². The minimum atomic E-state index is 0.422. The van der Waals surface area contributed by atoms with Gasteiger partial charge in [0.25, 0.3) is 0 Å². The fourth-order valence-electron chi connectivity index (χ4n) is 1.75. The van der Waals surface area contributed by atoms with Gasteiger partial charge in [-0.15, -0.1) is 0 Å². The van der Waals surface area contributed by atoms with E-state index >= 15 is 0 Å². The lowest BCUT2D eigenvalue weighted by Crippen LogP contribution is -2.03. The second-order valence-electron chi connectivity index (χ2n) is 3.04. The van der Waals surface area contributed by atoms with Crippen molar-refractivity contribution in [2.45, 2.75) is 12.8 Å². The van der Waals surface area contributed by atoms with Crippen LogP contribution in [0.1, 0.15) is 12.8 Å². The lowest BCUT2D eigenvalue weighted by atomic mass is 9.92. The average molecular weight is 134 g/mol. The first-order chi connectivity index (χ1) is 4.86. The predicted octanol–water partition coefficient (Wildman–Crippen LogP) is 1.71. The van der Waals surface area contributed by atoms with Crippen LogP contribution in [0.25, 0.3) is 0 Å². The normalized spacial score (nSPS) is 36.6. The maximum atomic E-state index is 10.9. The second-order valence-corrected chi connectivity index (χ2v) is 3.04. The Labute approximate surface area is 60.4 Å². The molecule has 0 aromatic carbocycles. The molecule has 1 nitrogen and oxygen atoms in total. The molecule has 2 unspecified atom stereocenters. The number of carbonyl (C=O) groups is 1. The van der Waals surface area contributed by atoms with Gasteiger partial charge in [-0.05, 0) is 11.8 Å². The first-order valence-electron chi connectivity index (χ1n) is 3.73. The molecule has 0 spiro atoms. The van der Waals surface area contributed by atoms with Crippen molar-refractivity contribution in [3.8, 4) is 0 Å². The largest absolute Gasteiger partial charge is 0.300 e. The quantitative estimate of drug-likeness (QED) is 0.493. The summed E-state index contributed by atoms with van der Waals surface area (Å²) in [4.78, 5) is 10.9. The lowest BCUT2D eigenvalue weighted by Gasteiger charge is -2.12. The fourth-order valence-corrected chi connectivity index (χ4v) is 1.75. The number of Topliss-reactive ketones (excluding diaryl/α,β-unsaturated/α-hetero) is 1. The van der Waals surface area contributed by atoms with Crippen LogP contribution in [0.2, 0.25) is 0 Å². The van der Waals surface area contributed by atoms with E-state index < -0.39 is 0 Å². The molecular weight excluding hydrogens is 124 g/mol. The van der Waals surface area contributed by atoms with E-state index in [0.29, 0.717) is 17.6 Å². The summed E-state index contributed by atoms with van der Waals surface area (Å²) in [5, 5.41) is 0. The second kappa shape index (κ2) is 2.08. The Bertz CT molecular complexity index is 191. The number of allylic oxidation sites excluding steroid dienone is 4. The Hall–Kier alpha value is -0.850. The van der Waals surface area contributed by atoms with Crippen molar-refractivity contribution in [2.75, 3.05) is 0 Å². The van der Waals surface area contributed by atoms with Crippen molar-refractivity contribution in [2.24, 2.45) is 11.8 Å². The molecule has 0 aromatic rings. The number of fused-ring (bicyclic) bond motifs is 1. The van der Waals surface area contributed by atoms with Gasteiger partial charge in [-0.2, -0.15) is 0 Å². The number of ketones is 1. The Morgan fingerprint density at radius 3 is 2.10 bits per heavy atom. The molecule has 0 aliphatic heterocycles. The van der Waals surface area contributed by atoms with Gasteiger partial charge >= 0.3 is 0 Å². The summed E-state index contributed by atoms with van der Waals surface area (Å²) in [5.41, 5.74) is 0. The van der Waals surface area contributed by atoms with E-state index in [-0.39, 0.29) is 0 Å². The SMILES string of the molecule is O=C1CC2C=CC=CC2C1.